The first-order valence-corrected chi connectivity index (χ1v) is 5.73. The van der Waals surface area contributed by atoms with Crippen molar-refractivity contribution in [1.82, 2.24) is 5.32 Å². The average Bonchev–Trinajstić information content (AvgIpc) is 2.29. The van der Waals surface area contributed by atoms with E-state index in [9.17, 15) is 4.39 Å². The second kappa shape index (κ2) is 4.42. The highest BCUT2D eigenvalue weighted by Crippen LogP contribution is 2.33. The van der Waals surface area contributed by atoms with Crippen LogP contribution in [-0.2, 0) is 6.42 Å². The molecule has 1 N–H and O–H groups in total. The van der Waals surface area contributed by atoms with E-state index >= 15 is 0 Å². The molecule has 0 radical (unpaired) electrons. The lowest BCUT2D eigenvalue weighted by atomic mass is 9.87. The first-order chi connectivity index (χ1) is 7.65. The summed E-state index contributed by atoms with van der Waals surface area (Å²) in [6.45, 7) is 5.13. The van der Waals surface area contributed by atoms with Crippen molar-refractivity contribution in [2.75, 3.05) is 13.7 Å². The normalized spacial score (nSPS) is 19.7. The zero-order valence-electron chi connectivity index (χ0n) is 10.0. The predicted octanol–water partition coefficient (Wildman–Crippen LogP) is 2.68. The highest BCUT2D eigenvalue weighted by atomic mass is 19.1. The molecule has 0 aromatic heterocycles. The van der Waals surface area contributed by atoms with Crippen LogP contribution in [-0.4, -0.2) is 13.7 Å². The van der Waals surface area contributed by atoms with E-state index in [1.807, 2.05) is 6.07 Å². The molecule has 1 aromatic carbocycles. The lowest BCUT2D eigenvalue weighted by Gasteiger charge is -2.30. The molecule has 0 bridgehead atoms. The number of fused-ring (bicyclic) bond motifs is 1. The Balaban J connectivity index is 2.47. The maximum absolute atomic E-state index is 14.0. The van der Waals surface area contributed by atoms with Gasteiger partial charge in [-0.1, -0.05) is 19.9 Å². The molecule has 2 nitrogen and oxygen atoms in total. The summed E-state index contributed by atoms with van der Waals surface area (Å²) in [7, 11) is 1.51. The van der Waals surface area contributed by atoms with E-state index in [4.69, 9.17) is 4.74 Å². The van der Waals surface area contributed by atoms with Gasteiger partial charge in [-0.05, 0) is 36.1 Å². The minimum absolute atomic E-state index is 0.188. The lowest BCUT2D eigenvalue weighted by molar-refractivity contribution is 0.365. The third-order valence-corrected chi connectivity index (χ3v) is 3.20. The van der Waals surface area contributed by atoms with Gasteiger partial charge in [-0.3, -0.25) is 0 Å². The standard InChI is InChI=1S/C13H18FNO/c1-8(2)13-10-4-5-11(16-3)12(14)9(10)6-7-15-13/h4-5,8,13,15H,6-7H2,1-3H3. The second-order valence-electron chi connectivity index (χ2n) is 4.58. The van der Waals surface area contributed by atoms with Crippen molar-refractivity contribution in [3.05, 3.63) is 29.1 Å². The molecule has 3 heteroatoms. The molecule has 0 saturated carbocycles. The molecule has 1 aliphatic rings. The summed E-state index contributed by atoms with van der Waals surface area (Å²) < 4.78 is 19.0. The number of rotatable bonds is 2. The van der Waals surface area contributed by atoms with Crippen LogP contribution >= 0.6 is 0 Å². The van der Waals surface area contributed by atoms with Crippen LogP contribution in [0.1, 0.15) is 31.0 Å². The minimum atomic E-state index is -0.188. The van der Waals surface area contributed by atoms with E-state index in [1.54, 1.807) is 6.07 Å². The van der Waals surface area contributed by atoms with Crippen molar-refractivity contribution in [2.45, 2.75) is 26.3 Å². The Kier molecular flexibility index (Phi) is 3.15. The van der Waals surface area contributed by atoms with Gasteiger partial charge in [0.1, 0.15) is 0 Å². The third kappa shape index (κ3) is 1.80. The van der Waals surface area contributed by atoms with Crippen molar-refractivity contribution >= 4 is 0 Å². The van der Waals surface area contributed by atoms with Crippen LogP contribution in [0, 0.1) is 11.7 Å². The Hall–Kier alpha value is -1.09. The molecule has 2 rings (SSSR count). The van der Waals surface area contributed by atoms with Gasteiger partial charge in [-0.15, -0.1) is 0 Å². The summed E-state index contributed by atoms with van der Waals surface area (Å²) in [6.07, 6.45) is 0.738. The van der Waals surface area contributed by atoms with Crippen LogP contribution < -0.4 is 10.1 Å². The average molecular weight is 223 g/mol. The Morgan fingerprint density at radius 3 is 2.81 bits per heavy atom. The van der Waals surface area contributed by atoms with E-state index in [0.717, 1.165) is 24.1 Å². The Morgan fingerprint density at radius 1 is 1.44 bits per heavy atom. The number of methoxy groups -OCH3 is 1. The fourth-order valence-corrected chi connectivity index (χ4v) is 2.38. The zero-order valence-corrected chi connectivity index (χ0v) is 10.0. The summed E-state index contributed by atoms with van der Waals surface area (Å²) in [6, 6.07) is 3.95. The van der Waals surface area contributed by atoms with E-state index in [0.29, 0.717) is 11.7 Å². The maximum Gasteiger partial charge on any atom is 0.168 e. The molecule has 0 fully saturated rings. The van der Waals surface area contributed by atoms with Gasteiger partial charge < -0.3 is 10.1 Å². The number of benzene rings is 1. The summed E-state index contributed by atoms with van der Waals surface area (Å²) in [5, 5.41) is 3.43. The van der Waals surface area contributed by atoms with Gasteiger partial charge in [0.05, 0.1) is 7.11 Å². The largest absolute Gasteiger partial charge is 0.494 e. The number of nitrogens with one attached hydrogen (secondary N) is 1. The number of ether oxygens (including phenoxy) is 1. The van der Waals surface area contributed by atoms with Crippen molar-refractivity contribution in [2.24, 2.45) is 5.92 Å². The predicted molar refractivity (Wildman–Crippen MR) is 62.2 cm³/mol. The zero-order chi connectivity index (χ0) is 11.7. The molecule has 0 spiro atoms. The first-order valence-electron chi connectivity index (χ1n) is 5.73. The first kappa shape index (κ1) is 11.4. The molecule has 0 aliphatic carbocycles. The van der Waals surface area contributed by atoms with Crippen LogP contribution in [0.4, 0.5) is 4.39 Å². The summed E-state index contributed by atoms with van der Waals surface area (Å²) in [4.78, 5) is 0. The molecule has 1 aliphatic heterocycles. The molecular formula is C13H18FNO. The fraction of sp³-hybridized carbons (Fsp3) is 0.538. The van der Waals surface area contributed by atoms with E-state index in [1.165, 1.54) is 7.11 Å². The van der Waals surface area contributed by atoms with Crippen LogP contribution in [0.3, 0.4) is 0 Å². The molecule has 0 saturated heterocycles. The van der Waals surface area contributed by atoms with Crippen LogP contribution in [0.5, 0.6) is 5.75 Å². The highest BCUT2D eigenvalue weighted by molar-refractivity contribution is 5.41. The topological polar surface area (TPSA) is 21.3 Å². The Labute approximate surface area is 95.8 Å². The van der Waals surface area contributed by atoms with E-state index in [-0.39, 0.29) is 11.9 Å². The minimum Gasteiger partial charge on any atom is -0.494 e. The SMILES string of the molecule is COc1ccc2c(c1F)CCNC2C(C)C. The summed E-state index contributed by atoms with van der Waals surface area (Å²) in [5.74, 6) is 0.627. The van der Waals surface area contributed by atoms with Gasteiger partial charge >= 0.3 is 0 Å². The third-order valence-electron chi connectivity index (χ3n) is 3.20. The van der Waals surface area contributed by atoms with E-state index in [2.05, 4.69) is 19.2 Å². The molecule has 1 aromatic rings. The van der Waals surface area contributed by atoms with Gasteiger partial charge in [0.25, 0.3) is 0 Å². The molecule has 1 atom stereocenters. The van der Waals surface area contributed by atoms with Crippen molar-refractivity contribution in [3.8, 4) is 5.75 Å². The smallest absolute Gasteiger partial charge is 0.168 e. The molecule has 88 valence electrons. The fourth-order valence-electron chi connectivity index (χ4n) is 2.38. The van der Waals surface area contributed by atoms with Gasteiger partial charge in [-0.25, -0.2) is 4.39 Å². The van der Waals surface area contributed by atoms with Crippen LogP contribution in [0.25, 0.3) is 0 Å². The van der Waals surface area contributed by atoms with Gasteiger partial charge in [0, 0.05) is 6.04 Å². The quantitative estimate of drug-likeness (QED) is 0.832. The van der Waals surface area contributed by atoms with Crippen LogP contribution in [0.15, 0.2) is 12.1 Å². The van der Waals surface area contributed by atoms with Crippen molar-refractivity contribution in [1.29, 1.82) is 0 Å². The Bertz CT molecular complexity index is 390. The van der Waals surface area contributed by atoms with Gasteiger partial charge in [-0.2, -0.15) is 0 Å². The number of halogens is 1. The summed E-state index contributed by atoms with van der Waals surface area (Å²) in [5.41, 5.74) is 1.90. The Morgan fingerprint density at radius 2 is 2.19 bits per heavy atom. The monoisotopic (exact) mass is 223 g/mol. The molecule has 1 heterocycles. The molecular weight excluding hydrogens is 205 g/mol. The van der Waals surface area contributed by atoms with Crippen molar-refractivity contribution in [3.63, 3.8) is 0 Å². The molecule has 0 amide bonds. The van der Waals surface area contributed by atoms with Gasteiger partial charge in [0.15, 0.2) is 11.6 Å². The van der Waals surface area contributed by atoms with Crippen molar-refractivity contribution < 1.29 is 9.13 Å². The summed E-state index contributed by atoms with van der Waals surface area (Å²) >= 11 is 0. The molecule has 1 unspecified atom stereocenters. The molecule has 16 heavy (non-hydrogen) atoms. The maximum atomic E-state index is 14.0. The number of hydrogen-bond donors (Lipinski definition) is 1. The van der Waals surface area contributed by atoms with Crippen LogP contribution in [0.2, 0.25) is 0 Å². The van der Waals surface area contributed by atoms with E-state index < -0.39 is 0 Å². The lowest BCUT2D eigenvalue weighted by Crippen LogP contribution is -2.33. The van der Waals surface area contributed by atoms with Gasteiger partial charge in [0.2, 0.25) is 0 Å². The number of hydrogen-bond acceptors (Lipinski definition) is 2. The highest BCUT2D eigenvalue weighted by Gasteiger charge is 2.25. The second-order valence-corrected chi connectivity index (χ2v) is 4.58.